The van der Waals surface area contributed by atoms with Crippen molar-refractivity contribution in [1.82, 2.24) is 10.3 Å². The zero-order valence-corrected chi connectivity index (χ0v) is 16.6. The molecule has 0 fully saturated rings. The number of hydrogen-bond donors (Lipinski definition) is 3. The summed E-state index contributed by atoms with van der Waals surface area (Å²) in [7, 11) is 0.707. The largest absolute Gasteiger partial charge is 0.450 e. The molecule has 1 radical (unpaired) electrons. The van der Waals surface area contributed by atoms with Gasteiger partial charge in [-0.2, -0.15) is 0 Å². The van der Waals surface area contributed by atoms with Crippen molar-refractivity contribution >= 4 is 24.7 Å². The summed E-state index contributed by atoms with van der Waals surface area (Å²) in [6.07, 6.45) is 1.63. The van der Waals surface area contributed by atoms with Crippen LogP contribution in [0.2, 0.25) is 0 Å². The van der Waals surface area contributed by atoms with Crippen molar-refractivity contribution in [2.45, 2.75) is 26.4 Å². The lowest BCUT2D eigenvalue weighted by Gasteiger charge is -2.17. The minimum atomic E-state index is -0.542. The highest BCUT2D eigenvalue weighted by molar-refractivity contribution is 6.45. The van der Waals surface area contributed by atoms with Gasteiger partial charge in [-0.3, -0.25) is 4.79 Å². The third kappa shape index (κ3) is 5.21. The first kappa shape index (κ1) is 21.5. The third-order valence-corrected chi connectivity index (χ3v) is 4.65. The van der Waals surface area contributed by atoms with Gasteiger partial charge in [0.25, 0.3) is 5.91 Å². The lowest BCUT2D eigenvalue weighted by molar-refractivity contribution is 0.0940. The molecular weight excluding hydrogens is 387 g/mol. The topological polar surface area (TPSA) is 74.2 Å². The fraction of sp³-hybridized carbons (Fsp3) is 0.182. The summed E-state index contributed by atoms with van der Waals surface area (Å²) in [5.74, 6) is -0.850. The molecule has 0 aliphatic carbocycles. The van der Waals surface area contributed by atoms with Gasteiger partial charge in [-0.25, -0.2) is 13.8 Å². The van der Waals surface area contributed by atoms with Crippen LogP contribution in [0.5, 0.6) is 0 Å². The number of aryl methyl sites for hydroxylation is 1. The Labute approximate surface area is 174 Å². The lowest BCUT2D eigenvalue weighted by Crippen LogP contribution is -2.28. The number of anilines is 1. The summed E-state index contributed by atoms with van der Waals surface area (Å²) in [5, 5.41) is 14.9. The summed E-state index contributed by atoms with van der Waals surface area (Å²) >= 11 is 0. The Morgan fingerprint density at radius 1 is 1.17 bits per heavy atom. The minimum absolute atomic E-state index is 0.0991. The van der Waals surface area contributed by atoms with Crippen molar-refractivity contribution in [2.75, 3.05) is 5.32 Å². The first-order chi connectivity index (χ1) is 14.4. The number of carbonyl (C=O) groups excluding carboxylic acids is 1. The highest BCUT2D eigenvalue weighted by Gasteiger charge is 2.17. The molecule has 0 aliphatic heterocycles. The molecule has 1 heterocycles. The normalized spacial score (nSPS) is 11.6. The molecule has 1 atom stereocenters. The van der Waals surface area contributed by atoms with Crippen molar-refractivity contribution < 1.29 is 18.6 Å². The predicted octanol–water partition coefficient (Wildman–Crippen LogP) is 3.01. The molecule has 1 amide bonds. The molecule has 30 heavy (non-hydrogen) atoms. The van der Waals surface area contributed by atoms with Crippen LogP contribution in [0.3, 0.4) is 0 Å². The molecule has 3 aromatic rings. The Kier molecular flexibility index (Phi) is 6.79. The maximum absolute atomic E-state index is 13.8. The molecule has 0 saturated carbocycles. The maximum Gasteiger partial charge on any atom is 0.329 e. The minimum Gasteiger partial charge on any atom is -0.450 e. The first-order valence-electron chi connectivity index (χ1n) is 9.40. The van der Waals surface area contributed by atoms with Gasteiger partial charge < -0.3 is 15.7 Å². The van der Waals surface area contributed by atoms with Crippen molar-refractivity contribution in [1.29, 1.82) is 0 Å². The van der Waals surface area contributed by atoms with Gasteiger partial charge in [0.05, 0.1) is 11.6 Å². The summed E-state index contributed by atoms with van der Waals surface area (Å²) in [6, 6.07) is 11.8. The standard InChI is InChI=1S/C22H21BF2N3O2/c1-13-9-18(22(29)28-14(2)16-4-6-17(24)7-5-16)21(26-11-13)27-12-15-3-8-19(23-30)20(25)10-15/h3-11,14,30H,12H2,1-2H3,(H,26,27)(H,28,29)/t14-/m0/s1. The van der Waals surface area contributed by atoms with Crippen LogP contribution in [-0.4, -0.2) is 23.4 Å². The van der Waals surface area contributed by atoms with E-state index in [-0.39, 0.29) is 29.8 Å². The van der Waals surface area contributed by atoms with Crippen LogP contribution in [0.15, 0.2) is 54.7 Å². The van der Waals surface area contributed by atoms with E-state index in [2.05, 4.69) is 15.6 Å². The van der Waals surface area contributed by atoms with Crippen LogP contribution < -0.4 is 16.1 Å². The Morgan fingerprint density at radius 3 is 2.57 bits per heavy atom. The lowest BCUT2D eigenvalue weighted by atomic mass is 9.87. The average Bonchev–Trinajstić information content (AvgIpc) is 2.73. The SMILES string of the molecule is Cc1cnc(NCc2ccc([B]O)c(F)c2)c(C(=O)N[C@@H](C)c2ccc(F)cc2)c1. The first-order valence-corrected chi connectivity index (χ1v) is 9.40. The molecule has 5 nitrogen and oxygen atoms in total. The van der Waals surface area contributed by atoms with E-state index < -0.39 is 5.82 Å². The van der Waals surface area contributed by atoms with Crippen LogP contribution in [0.25, 0.3) is 0 Å². The summed E-state index contributed by atoms with van der Waals surface area (Å²) < 4.78 is 27.0. The van der Waals surface area contributed by atoms with E-state index in [0.717, 1.165) is 11.1 Å². The molecule has 0 spiro atoms. The molecule has 0 bridgehead atoms. The number of aromatic nitrogens is 1. The number of hydrogen-bond acceptors (Lipinski definition) is 4. The van der Waals surface area contributed by atoms with Crippen LogP contribution in [0, 0.1) is 18.6 Å². The van der Waals surface area contributed by atoms with Crippen LogP contribution in [0.1, 0.15) is 40.0 Å². The summed E-state index contributed by atoms with van der Waals surface area (Å²) in [5.41, 5.74) is 2.67. The van der Waals surface area contributed by atoms with E-state index in [4.69, 9.17) is 5.02 Å². The second-order valence-corrected chi connectivity index (χ2v) is 6.99. The summed E-state index contributed by atoms with van der Waals surface area (Å²) in [4.78, 5) is 17.2. The van der Waals surface area contributed by atoms with E-state index in [1.165, 1.54) is 24.3 Å². The zero-order chi connectivity index (χ0) is 21.7. The van der Waals surface area contributed by atoms with Gasteiger partial charge in [0.15, 0.2) is 0 Å². The highest BCUT2D eigenvalue weighted by atomic mass is 19.1. The van der Waals surface area contributed by atoms with Crippen molar-refractivity contribution in [3.8, 4) is 0 Å². The fourth-order valence-corrected chi connectivity index (χ4v) is 2.96. The Bertz CT molecular complexity index is 1050. The van der Waals surface area contributed by atoms with Gasteiger partial charge in [-0.1, -0.05) is 24.3 Å². The van der Waals surface area contributed by atoms with Gasteiger partial charge in [-0.05, 0) is 60.3 Å². The second-order valence-electron chi connectivity index (χ2n) is 6.99. The van der Waals surface area contributed by atoms with Gasteiger partial charge >= 0.3 is 7.48 Å². The van der Waals surface area contributed by atoms with E-state index in [1.54, 1.807) is 30.5 Å². The summed E-state index contributed by atoms with van der Waals surface area (Å²) in [6.45, 7) is 3.88. The van der Waals surface area contributed by atoms with Crippen LogP contribution >= 0.6 is 0 Å². The number of carbonyl (C=O) groups is 1. The van der Waals surface area contributed by atoms with Gasteiger partial charge in [-0.15, -0.1) is 0 Å². The maximum atomic E-state index is 13.8. The van der Waals surface area contributed by atoms with Gasteiger partial charge in [0.1, 0.15) is 17.5 Å². The number of amides is 1. The monoisotopic (exact) mass is 408 g/mol. The van der Waals surface area contributed by atoms with E-state index >= 15 is 0 Å². The number of benzene rings is 2. The smallest absolute Gasteiger partial charge is 0.329 e. The Balaban J connectivity index is 1.74. The Hall–Kier alpha value is -3.26. The molecule has 153 valence electrons. The molecule has 2 aromatic carbocycles. The predicted molar refractivity (Wildman–Crippen MR) is 113 cm³/mol. The van der Waals surface area contributed by atoms with E-state index in [1.807, 2.05) is 13.8 Å². The molecular formula is C22H21BF2N3O2. The quantitative estimate of drug-likeness (QED) is 0.526. The molecule has 8 heteroatoms. The van der Waals surface area contributed by atoms with Crippen molar-refractivity contribution in [2.24, 2.45) is 0 Å². The van der Waals surface area contributed by atoms with Crippen molar-refractivity contribution in [3.63, 3.8) is 0 Å². The van der Waals surface area contributed by atoms with Gasteiger partial charge in [0, 0.05) is 12.7 Å². The molecule has 0 saturated heterocycles. The number of nitrogens with one attached hydrogen (secondary N) is 2. The molecule has 1 aromatic heterocycles. The molecule has 3 rings (SSSR count). The molecule has 3 N–H and O–H groups in total. The third-order valence-electron chi connectivity index (χ3n) is 4.65. The second kappa shape index (κ2) is 9.50. The van der Waals surface area contributed by atoms with Crippen LogP contribution in [-0.2, 0) is 6.54 Å². The average molecular weight is 408 g/mol. The number of pyridine rings is 1. The van der Waals surface area contributed by atoms with E-state index in [9.17, 15) is 13.6 Å². The van der Waals surface area contributed by atoms with Gasteiger partial charge in [0.2, 0.25) is 0 Å². The van der Waals surface area contributed by atoms with Crippen molar-refractivity contribution in [3.05, 3.63) is 88.6 Å². The Morgan fingerprint density at radius 2 is 1.90 bits per heavy atom. The number of halogens is 2. The number of nitrogens with zero attached hydrogens (tertiary/aromatic N) is 1. The van der Waals surface area contributed by atoms with Crippen LogP contribution in [0.4, 0.5) is 14.6 Å². The van der Waals surface area contributed by atoms with E-state index in [0.29, 0.717) is 24.4 Å². The molecule has 0 aliphatic rings. The number of rotatable bonds is 7. The zero-order valence-electron chi connectivity index (χ0n) is 16.6. The highest BCUT2D eigenvalue weighted by Crippen LogP contribution is 2.18. The molecule has 0 unspecified atom stereocenters. The fourth-order valence-electron chi connectivity index (χ4n) is 2.96.